The van der Waals surface area contributed by atoms with Gasteiger partial charge < -0.3 is 0 Å². The van der Waals surface area contributed by atoms with E-state index in [1.165, 1.54) is 59.9 Å². The second-order valence-electron chi connectivity index (χ2n) is 5.42. The van der Waals surface area contributed by atoms with Crippen LogP contribution in [0, 0.1) is 6.42 Å². The second-order valence-corrected chi connectivity index (χ2v) is 5.42. The third-order valence-electron chi connectivity index (χ3n) is 4.05. The van der Waals surface area contributed by atoms with Crippen LogP contribution < -0.4 is 0 Å². The van der Waals surface area contributed by atoms with Crippen LogP contribution in [0.1, 0.15) is 49.3 Å². The largest absolute Gasteiger partial charge is 0.0654 e. The molecule has 2 aromatic rings. The summed E-state index contributed by atoms with van der Waals surface area (Å²) in [6.07, 6.45) is 8.92. The van der Waals surface area contributed by atoms with E-state index in [0.29, 0.717) is 0 Å². The summed E-state index contributed by atoms with van der Waals surface area (Å²) in [4.78, 5) is 0. The highest BCUT2D eigenvalue weighted by atomic mass is 14.2. The number of benzene rings is 2. The van der Waals surface area contributed by atoms with Crippen LogP contribution in [-0.4, -0.2) is 0 Å². The third-order valence-corrected chi connectivity index (χ3v) is 4.05. The summed E-state index contributed by atoms with van der Waals surface area (Å²) in [7, 11) is 0. The van der Waals surface area contributed by atoms with E-state index < -0.39 is 0 Å². The average Bonchev–Trinajstić information content (AvgIpc) is 2.83. The molecule has 0 heteroatoms. The minimum Gasteiger partial charge on any atom is -0.0654 e. The molecule has 2 aromatic carbocycles. The lowest BCUT2D eigenvalue weighted by Gasteiger charge is -2.08. The van der Waals surface area contributed by atoms with Gasteiger partial charge in [0.1, 0.15) is 0 Å². The number of fused-ring (bicyclic) bond motifs is 3. The van der Waals surface area contributed by atoms with Gasteiger partial charge >= 0.3 is 0 Å². The van der Waals surface area contributed by atoms with E-state index in [-0.39, 0.29) is 0 Å². The predicted octanol–water partition coefficient (Wildman–Crippen LogP) is 5.39. The molecule has 0 saturated carbocycles. The van der Waals surface area contributed by atoms with Crippen LogP contribution in [0.5, 0.6) is 0 Å². The Morgan fingerprint density at radius 2 is 1.63 bits per heavy atom. The van der Waals surface area contributed by atoms with Gasteiger partial charge in [-0.25, -0.2) is 0 Å². The number of rotatable bonds is 5. The Morgan fingerprint density at radius 1 is 0.789 bits per heavy atom. The molecule has 0 unspecified atom stereocenters. The minimum atomic E-state index is 1.22. The lowest BCUT2D eigenvalue weighted by Crippen LogP contribution is -1.92. The number of hydrogen-bond donors (Lipinski definition) is 0. The van der Waals surface area contributed by atoms with Crippen molar-refractivity contribution in [1.82, 2.24) is 0 Å². The fourth-order valence-electron chi connectivity index (χ4n) is 3.00. The van der Waals surface area contributed by atoms with Gasteiger partial charge in [-0.1, -0.05) is 68.7 Å². The van der Waals surface area contributed by atoms with Gasteiger partial charge in [0.15, 0.2) is 0 Å². The topological polar surface area (TPSA) is 0 Å². The maximum atomic E-state index is 2.36. The van der Waals surface area contributed by atoms with Gasteiger partial charge in [-0.15, -0.1) is 0 Å². The normalized spacial score (nSPS) is 12.3. The van der Waals surface area contributed by atoms with Gasteiger partial charge in [0.05, 0.1) is 0 Å². The van der Waals surface area contributed by atoms with Gasteiger partial charge in [0.2, 0.25) is 0 Å². The smallest absolute Gasteiger partial charge is 0.0214 e. The van der Waals surface area contributed by atoms with Gasteiger partial charge in [0.25, 0.3) is 0 Å². The Bertz CT molecular complexity index is 566. The first-order chi connectivity index (χ1) is 9.40. The van der Waals surface area contributed by atoms with Crippen LogP contribution in [0.2, 0.25) is 0 Å². The van der Waals surface area contributed by atoms with Crippen LogP contribution in [0.4, 0.5) is 0 Å². The van der Waals surface area contributed by atoms with Crippen molar-refractivity contribution in [3.63, 3.8) is 0 Å². The highest BCUT2D eigenvalue weighted by Gasteiger charge is 2.20. The molecule has 0 nitrogen and oxygen atoms in total. The van der Waals surface area contributed by atoms with Crippen molar-refractivity contribution >= 4 is 0 Å². The Balaban J connectivity index is 1.82. The van der Waals surface area contributed by atoms with Gasteiger partial charge in [-0.2, -0.15) is 0 Å². The summed E-state index contributed by atoms with van der Waals surface area (Å²) in [5.74, 6) is 0. The molecule has 0 spiro atoms. The SMILES string of the molecule is CCCCCCc1cccc2c1[CH]c1ccccc1-2. The first-order valence-electron chi connectivity index (χ1n) is 7.46. The van der Waals surface area contributed by atoms with E-state index in [2.05, 4.69) is 55.8 Å². The molecule has 1 aliphatic carbocycles. The standard InChI is InChI=1S/C19H21/c1-2-3-4-5-9-15-11-8-13-18-17-12-7-6-10-16(17)14-19(15)18/h6-8,10-14H,2-5,9H2,1H3. The lowest BCUT2D eigenvalue weighted by molar-refractivity contribution is 0.666. The molecule has 0 N–H and O–H groups in total. The van der Waals surface area contributed by atoms with Crippen molar-refractivity contribution in [2.24, 2.45) is 0 Å². The molecule has 0 amide bonds. The molecule has 97 valence electrons. The molecular weight excluding hydrogens is 228 g/mol. The predicted molar refractivity (Wildman–Crippen MR) is 82.2 cm³/mol. The molecule has 19 heavy (non-hydrogen) atoms. The first-order valence-corrected chi connectivity index (χ1v) is 7.46. The van der Waals surface area contributed by atoms with Crippen LogP contribution in [0.25, 0.3) is 11.1 Å². The van der Waals surface area contributed by atoms with Crippen molar-refractivity contribution in [2.75, 3.05) is 0 Å². The van der Waals surface area contributed by atoms with Crippen molar-refractivity contribution < 1.29 is 0 Å². The first kappa shape index (κ1) is 12.5. The molecule has 0 aliphatic heterocycles. The quantitative estimate of drug-likeness (QED) is 0.532. The zero-order valence-electron chi connectivity index (χ0n) is 11.7. The summed E-state index contributed by atoms with van der Waals surface area (Å²) in [5.41, 5.74) is 7.17. The summed E-state index contributed by atoms with van der Waals surface area (Å²) in [6.45, 7) is 2.27. The van der Waals surface area contributed by atoms with Crippen LogP contribution >= 0.6 is 0 Å². The number of aryl methyl sites for hydroxylation is 1. The molecule has 0 bridgehead atoms. The van der Waals surface area contributed by atoms with Crippen molar-refractivity contribution in [2.45, 2.75) is 39.0 Å². The van der Waals surface area contributed by atoms with E-state index in [0.717, 1.165) is 0 Å². The number of unbranched alkanes of at least 4 members (excludes halogenated alkanes) is 3. The van der Waals surface area contributed by atoms with Crippen LogP contribution in [0.3, 0.4) is 0 Å². The minimum absolute atomic E-state index is 1.22. The number of hydrogen-bond acceptors (Lipinski definition) is 0. The summed E-state index contributed by atoms with van der Waals surface area (Å²) >= 11 is 0. The summed E-state index contributed by atoms with van der Waals surface area (Å²) < 4.78 is 0. The molecule has 0 saturated heterocycles. The molecule has 0 aromatic heterocycles. The van der Waals surface area contributed by atoms with E-state index in [9.17, 15) is 0 Å². The molecular formula is C19H21. The molecule has 0 heterocycles. The summed E-state index contributed by atoms with van der Waals surface area (Å²) in [5, 5.41) is 0. The zero-order chi connectivity index (χ0) is 13.1. The van der Waals surface area contributed by atoms with E-state index in [1.807, 2.05) is 0 Å². The fourth-order valence-corrected chi connectivity index (χ4v) is 3.00. The van der Waals surface area contributed by atoms with Gasteiger partial charge in [0, 0.05) is 6.42 Å². The van der Waals surface area contributed by atoms with Gasteiger partial charge in [-0.3, -0.25) is 0 Å². The fraction of sp³-hybridized carbons (Fsp3) is 0.316. The molecule has 1 radical (unpaired) electrons. The zero-order valence-corrected chi connectivity index (χ0v) is 11.7. The maximum Gasteiger partial charge on any atom is 0.0214 e. The summed E-state index contributed by atoms with van der Waals surface area (Å²) in [6, 6.07) is 15.5. The Labute approximate surface area is 116 Å². The Hall–Kier alpha value is -1.56. The van der Waals surface area contributed by atoms with E-state index in [1.54, 1.807) is 0 Å². The van der Waals surface area contributed by atoms with Crippen molar-refractivity contribution in [1.29, 1.82) is 0 Å². The van der Waals surface area contributed by atoms with Gasteiger partial charge in [-0.05, 0) is 40.7 Å². The highest BCUT2D eigenvalue weighted by molar-refractivity contribution is 5.82. The van der Waals surface area contributed by atoms with Crippen LogP contribution in [-0.2, 0) is 6.42 Å². The second kappa shape index (κ2) is 5.61. The Morgan fingerprint density at radius 3 is 2.53 bits per heavy atom. The van der Waals surface area contributed by atoms with Crippen molar-refractivity contribution in [3.05, 3.63) is 65.6 Å². The van der Waals surface area contributed by atoms with Crippen molar-refractivity contribution in [3.8, 4) is 11.1 Å². The maximum absolute atomic E-state index is 2.36. The van der Waals surface area contributed by atoms with Crippen LogP contribution in [0.15, 0.2) is 42.5 Å². The average molecular weight is 249 g/mol. The van der Waals surface area contributed by atoms with E-state index in [4.69, 9.17) is 0 Å². The molecule has 3 rings (SSSR count). The Kier molecular flexibility index (Phi) is 3.68. The monoisotopic (exact) mass is 249 g/mol. The lowest BCUT2D eigenvalue weighted by atomic mass is 9.97. The molecule has 0 atom stereocenters. The highest BCUT2D eigenvalue weighted by Crippen LogP contribution is 2.39. The third kappa shape index (κ3) is 2.45. The molecule has 0 fully saturated rings. The van der Waals surface area contributed by atoms with E-state index >= 15 is 0 Å². The molecule has 1 aliphatic rings.